The summed E-state index contributed by atoms with van der Waals surface area (Å²) in [4.78, 5) is 41.2. The number of carbonyl (C=O) groups excluding carboxylic acids is 2. The largest absolute Gasteiger partial charge is 0.481 e. The maximum atomic E-state index is 10.6. The molecule has 222 valence electrons. The van der Waals surface area contributed by atoms with E-state index in [1.807, 2.05) is 0 Å². The molecule has 2 saturated carbocycles. The Morgan fingerprint density at radius 1 is 0.949 bits per heavy atom. The van der Waals surface area contributed by atoms with E-state index in [0.29, 0.717) is 42.6 Å². The van der Waals surface area contributed by atoms with Crippen LogP contribution in [-0.2, 0) is 14.4 Å². The molecule has 1 amide bonds. The van der Waals surface area contributed by atoms with E-state index in [1.54, 1.807) is 24.3 Å². The second-order valence-corrected chi connectivity index (χ2v) is 10.2. The monoisotopic (exact) mass is 550 g/mol. The molecule has 0 heterocycles. The number of aldehydes is 1. The van der Waals surface area contributed by atoms with Crippen LogP contribution in [0.25, 0.3) is 0 Å². The van der Waals surface area contributed by atoms with Crippen LogP contribution in [0.3, 0.4) is 0 Å². The van der Waals surface area contributed by atoms with E-state index in [-0.39, 0.29) is 5.91 Å². The van der Waals surface area contributed by atoms with Crippen molar-refractivity contribution in [1.82, 2.24) is 0 Å². The van der Waals surface area contributed by atoms with Crippen molar-refractivity contribution in [2.75, 3.05) is 11.9 Å². The van der Waals surface area contributed by atoms with Gasteiger partial charge in [-0.05, 0) is 75.3 Å². The Bertz CT molecular complexity index is 807. The third kappa shape index (κ3) is 21.8. The Balaban J connectivity index is 0.000000501. The van der Waals surface area contributed by atoms with Gasteiger partial charge in [-0.15, -0.1) is 0 Å². The van der Waals surface area contributed by atoms with Gasteiger partial charge in [0.1, 0.15) is 12.3 Å². The lowest BCUT2D eigenvalue weighted by Gasteiger charge is -2.18. The Kier molecular flexibility index (Phi) is 21.4. The number of hydrogen-bond acceptors (Lipinski definition) is 7. The minimum atomic E-state index is -0.933. The van der Waals surface area contributed by atoms with Crippen LogP contribution in [0.2, 0.25) is 0 Å². The highest BCUT2D eigenvalue weighted by atomic mass is 16.4. The molecule has 9 N–H and O–H groups in total. The predicted molar refractivity (Wildman–Crippen MR) is 155 cm³/mol. The summed E-state index contributed by atoms with van der Waals surface area (Å²) in [5.74, 6) is -1.20. The molecule has 10 nitrogen and oxygen atoms in total. The number of aliphatic carboxylic acids is 2. The van der Waals surface area contributed by atoms with Gasteiger partial charge in [0.25, 0.3) is 0 Å². The molecule has 0 bridgehead atoms. The van der Waals surface area contributed by atoms with Gasteiger partial charge in [-0.1, -0.05) is 44.9 Å². The summed E-state index contributed by atoms with van der Waals surface area (Å²) in [5.41, 5.74) is 17.4. The molecule has 10 heteroatoms. The fourth-order valence-electron chi connectivity index (χ4n) is 4.25. The molecule has 0 aromatic heterocycles. The van der Waals surface area contributed by atoms with E-state index < -0.39 is 18.0 Å². The standard InChI is InChI=1S/C9H9NO2.C8H14O2.C6H14N2O2.C6H13N/c1-7(12)10-9-4-2-8(6-11)3-5-9;9-8(10)6-7-4-2-1-3-5-7;7-4-2-1-3-5(8)6(9)10;7-6-4-2-1-3-5-6/h2-6H,1H3,(H,10,12);7H,1-6H2,(H,9,10);5H,1-4,7-8H2,(H,9,10);6H,1-5,7H2. The maximum absolute atomic E-state index is 10.6. The first-order valence-electron chi connectivity index (χ1n) is 14.1. The summed E-state index contributed by atoms with van der Waals surface area (Å²) in [5, 5.41) is 19.4. The molecule has 2 fully saturated rings. The third-order valence-corrected chi connectivity index (χ3v) is 6.49. The zero-order chi connectivity index (χ0) is 29.5. The number of rotatable bonds is 9. The highest BCUT2D eigenvalue weighted by Crippen LogP contribution is 2.25. The molecular formula is C29H50N4O6. The van der Waals surface area contributed by atoms with E-state index in [9.17, 15) is 19.2 Å². The van der Waals surface area contributed by atoms with Crippen LogP contribution in [0.4, 0.5) is 5.69 Å². The number of unbranched alkanes of at least 4 members (excludes halogenated alkanes) is 1. The fraction of sp³-hybridized carbons (Fsp3) is 0.655. The van der Waals surface area contributed by atoms with Gasteiger partial charge in [0, 0.05) is 30.6 Å². The second kappa shape index (κ2) is 23.1. The Morgan fingerprint density at radius 2 is 1.49 bits per heavy atom. The molecule has 0 spiro atoms. The van der Waals surface area contributed by atoms with Crippen LogP contribution in [0, 0.1) is 5.92 Å². The number of nitrogens with one attached hydrogen (secondary N) is 1. The van der Waals surface area contributed by atoms with Crippen molar-refractivity contribution < 1.29 is 29.4 Å². The van der Waals surface area contributed by atoms with Gasteiger partial charge in [0.15, 0.2) is 0 Å². The van der Waals surface area contributed by atoms with E-state index >= 15 is 0 Å². The van der Waals surface area contributed by atoms with Crippen LogP contribution in [-0.4, -0.2) is 53.0 Å². The quantitative estimate of drug-likeness (QED) is 0.191. The fourth-order valence-corrected chi connectivity index (χ4v) is 4.25. The van der Waals surface area contributed by atoms with Gasteiger partial charge in [-0.25, -0.2) is 0 Å². The number of nitrogens with two attached hydrogens (primary N) is 3. The molecule has 1 aromatic rings. The van der Waals surface area contributed by atoms with Gasteiger partial charge in [0.2, 0.25) is 5.91 Å². The first-order valence-corrected chi connectivity index (χ1v) is 14.1. The van der Waals surface area contributed by atoms with Crippen molar-refractivity contribution >= 4 is 29.8 Å². The van der Waals surface area contributed by atoms with Crippen molar-refractivity contribution in [3.63, 3.8) is 0 Å². The van der Waals surface area contributed by atoms with E-state index in [4.69, 9.17) is 27.4 Å². The molecule has 1 aromatic carbocycles. The van der Waals surface area contributed by atoms with Crippen molar-refractivity contribution in [3.05, 3.63) is 29.8 Å². The number of carbonyl (C=O) groups is 4. The lowest BCUT2D eigenvalue weighted by atomic mass is 9.87. The summed E-state index contributed by atoms with van der Waals surface area (Å²) < 4.78 is 0. The van der Waals surface area contributed by atoms with Gasteiger partial charge in [0.05, 0.1) is 0 Å². The van der Waals surface area contributed by atoms with E-state index in [0.717, 1.165) is 32.0 Å². The molecular weight excluding hydrogens is 500 g/mol. The van der Waals surface area contributed by atoms with Crippen molar-refractivity contribution in [3.8, 4) is 0 Å². The van der Waals surface area contributed by atoms with E-state index in [1.165, 1.54) is 58.3 Å². The second-order valence-electron chi connectivity index (χ2n) is 10.2. The minimum Gasteiger partial charge on any atom is -0.481 e. The highest BCUT2D eigenvalue weighted by Gasteiger charge is 2.15. The zero-order valence-corrected chi connectivity index (χ0v) is 23.5. The van der Waals surface area contributed by atoms with Crippen LogP contribution in [0.5, 0.6) is 0 Å². The van der Waals surface area contributed by atoms with Gasteiger partial charge >= 0.3 is 11.9 Å². The summed E-state index contributed by atoms with van der Waals surface area (Å²) >= 11 is 0. The molecule has 1 atom stereocenters. The average Bonchev–Trinajstić information content (AvgIpc) is 2.91. The molecule has 3 rings (SSSR count). The summed E-state index contributed by atoms with van der Waals surface area (Å²) in [6, 6.07) is 6.49. The van der Waals surface area contributed by atoms with Gasteiger partial charge < -0.3 is 32.7 Å². The average molecular weight is 551 g/mol. The normalized spacial score (nSPS) is 16.0. The molecule has 2 aliphatic rings. The molecule has 0 saturated heterocycles. The molecule has 1 unspecified atom stereocenters. The SMILES string of the molecule is CC(=O)Nc1ccc(C=O)cc1.NC1CCCCC1.NCCCCC(N)C(=O)O.O=C(O)CC1CCCCC1. The predicted octanol–water partition coefficient (Wildman–Crippen LogP) is 4.30. The number of hydrogen-bond donors (Lipinski definition) is 6. The molecule has 0 radical (unpaired) electrons. The van der Waals surface area contributed by atoms with Crippen LogP contribution in [0.1, 0.15) is 107 Å². The lowest BCUT2D eigenvalue weighted by molar-refractivity contribution is -0.139. The topological polar surface area (TPSA) is 199 Å². The number of anilines is 1. The van der Waals surface area contributed by atoms with Crippen LogP contribution >= 0.6 is 0 Å². The highest BCUT2D eigenvalue weighted by molar-refractivity contribution is 5.89. The molecule has 2 aliphatic carbocycles. The third-order valence-electron chi connectivity index (χ3n) is 6.49. The van der Waals surface area contributed by atoms with Crippen LogP contribution in [0.15, 0.2) is 24.3 Å². The minimum absolute atomic E-state index is 0.117. The lowest BCUT2D eigenvalue weighted by Crippen LogP contribution is -2.29. The number of carboxylic acid groups (broad SMARTS) is 2. The number of carboxylic acids is 2. The maximum Gasteiger partial charge on any atom is 0.320 e. The number of benzene rings is 1. The van der Waals surface area contributed by atoms with E-state index in [2.05, 4.69) is 5.32 Å². The van der Waals surface area contributed by atoms with Crippen molar-refractivity contribution in [2.45, 2.75) is 109 Å². The molecule has 39 heavy (non-hydrogen) atoms. The Hall–Kier alpha value is -2.82. The van der Waals surface area contributed by atoms with Gasteiger partial charge in [-0.2, -0.15) is 0 Å². The first-order chi connectivity index (χ1) is 18.6. The van der Waals surface area contributed by atoms with Crippen molar-refractivity contribution in [1.29, 1.82) is 0 Å². The summed E-state index contributed by atoms with van der Waals surface area (Å²) in [6.45, 7) is 2.04. The van der Waals surface area contributed by atoms with Crippen molar-refractivity contribution in [2.24, 2.45) is 23.1 Å². The first kappa shape index (κ1) is 36.2. The Morgan fingerprint density at radius 3 is 1.87 bits per heavy atom. The molecule has 0 aliphatic heterocycles. The smallest absolute Gasteiger partial charge is 0.320 e. The van der Waals surface area contributed by atoms with Gasteiger partial charge in [-0.3, -0.25) is 19.2 Å². The summed E-state index contributed by atoms with van der Waals surface area (Å²) in [6.07, 6.45) is 16.0. The number of amides is 1. The van der Waals surface area contributed by atoms with Crippen LogP contribution < -0.4 is 22.5 Å². The zero-order valence-electron chi connectivity index (χ0n) is 23.5. The Labute approximate surface area is 233 Å². The summed E-state index contributed by atoms with van der Waals surface area (Å²) in [7, 11) is 0.